The van der Waals surface area contributed by atoms with Gasteiger partial charge >= 0.3 is 5.51 Å². The van der Waals surface area contributed by atoms with E-state index in [2.05, 4.69) is 13.8 Å². The van der Waals surface area contributed by atoms with E-state index in [9.17, 15) is 13.2 Å². The van der Waals surface area contributed by atoms with Crippen LogP contribution >= 0.6 is 11.8 Å². The number of halogens is 3. The lowest BCUT2D eigenvalue weighted by Crippen LogP contribution is -2.25. The summed E-state index contributed by atoms with van der Waals surface area (Å²) in [5.41, 5.74) is 2.42. The van der Waals surface area contributed by atoms with E-state index in [1.807, 2.05) is 6.07 Å². The van der Waals surface area contributed by atoms with E-state index >= 15 is 0 Å². The highest BCUT2D eigenvalue weighted by Gasteiger charge is 2.60. The molecule has 0 aromatic heterocycles. The third-order valence-electron chi connectivity index (χ3n) is 3.88. The smallest absolute Gasteiger partial charge is 0.330 e. The average Bonchev–Trinajstić information content (AvgIpc) is 2.80. The van der Waals surface area contributed by atoms with Crippen molar-refractivity contribution in [2.24, 2.45) is 11.1 Å². The van der Waals surface area contributed by atoms with Crippen LogP contribution in [0.15, 0.2) is 29.2 Å². The van der Waals surface area contributed by atoms with Crippen LogP contribution in [0.4, 0.5) is 13.2 Å². The highest BCUT2D eigenvalue weighted by Crippen LogP contribution is 2.63. The summed E-state index contributed by atoms with van der Waals surface area (Å²) >= 11 is -0.0714. The molecule has 0 heterocycles. The Kier molecular flexibility index (Phi) is 3.18. The molecule has 0 bridgehead atoms. The van der Waals surface area contributed by atoms with Gasteiger partial charge in [0.25, 0.3) is 0 Å². The molecular formula is C13H16F3NS. The molecule has 1 aliphatic rings. The summed E-state index contributed by atoms with van der Waals surface area (Å²) in [5, 5.41) is 0. The van der Waals surface area contributed by atoms with Crippen LogP contribution < -0.4 is 5.73 Å². The van der Waals surface area contributed by atoms with E-state index < -0.39 is 5.51 Å². The number of thioether (sulfide) groups is 1. The maximum absolute atomic E-state index is 12.4. The summed E-state index contributed by atoms with van der Waals surface area (Å²) in [6, 6.07) is 6.66. The molecule has 0 spiro atoms. The first-order chi connectivity index (χ1) is 8.20. The molecule has 100 valence electrons. The quantitative estimate of drug-likeness (QED) is 0.846. The van der Waals surface area contributed by atoms with Crippen molar-refractivity contribution in [3.63, 3.8) is 0 Å². The summed E-state index contributed by atoms with van der Waals surface area (Å²) in [6.07, 6.45) is 0.927. The van der Waals surface area contributed by atoms with Crippen LogP contribution in [0.3, 0.4) is 0 Å². The molecule has 0 saturated heterocycles. The number of rotatable bonds is 3. The first-order valence-corrected chi connectivity index (χ1v) is 6.58. The van der Waals surface area contributed by atoms with E-state index in [1.165, 1.54) is 6.07 Å². The Morgan fingerprint density at radius 2 is 1.94 bits per heavy atom. The van der Waals surface area contributed by atoms with Gasteiger partial charge in [0, 0.05) is 16.9 Å². The second-order valence-electron chi connectivity index (χ2n) is 5.42. The summed E-state index contributed by atoms with van der Waals surface area (Å²) in [6.45, 7) is 4.67. The summed E-state index contributed by atoms with van der Waals surface area (Å²) in [4.78, 5) is 0.232. The zero-order valence-electron chi connectivity index (χ0n) is 10.3. The topological polar surface area (TPSA) is 26.0 Å². The fraction of sp³-hybridized carbons (Fsp3) is 0.538. The maximum Gasteiger partial charge on any atom is 0.446 e. The molecule has 0 amide bonds. The fourth-order valence-electron chi connectivity index (χ4n) is 2.66. The normalized spacial score (nSPS) is 26.1. The maximum atomic E-state index is 12.4. The number of hydrogen-bond acceptors (Lipinski definition) is 2. The third kappa shape index (κ3) is 2.38. The molecule has 1 fully saturated rings. The molecule has 1 unspecified atom stereocenters. The van der Waals surface area contributed by atoms with Crippen LogP contribution in [0.1, 0.15) is 25.8 Å². The molecule has 0 aliphatic heterocycles. The molecule has 1 saturated carbocycles. The van der Waals surface area contributed by atoms with E-state index in [4.69, 9.17) is 5.73 Å². The first-order valence-electron chi connectivity index (χ1n) is 5.77. The zero-order chi connectivity index (χ0) is 13.6. The van der Waals surface area contributed by atoms with Crippen molar-refractivity contribution in [3.05, 3.63) is 29.8 Å². The molecular weight excluding hydrogens is 259 g/mol. The molecule has 2 rings (SSSR count). The van der Waals surface area contributed by atoms with E-state index in [0.717, 1.165) is 12.0 Å². The van der Waals surface area contributed by atoms with Gasteiger partial charge in [-0.3, -0.25) is 0 Å². The monoisotopic (exact) mass is 275 g/mol. The van der Waals surface area contributed by atoms with Crippen LogP contribution in [0, 0.1) is 5.41 Å². The average molecular weight is 275 g/mol. The van der Waals surface area contributed by atoms with Crippen molar-refractivity contribution in [1.29, 1.82) is 0 Å². The zero-order valence-corrected chi connectivity index (χ0v) is 11.2. The lowest BCUT2D eigenvalue weighted by molar-refractivity contribution is -0.0328. The van der Waals surface area contributed by atoms with Crippen molar-refractivity contribution < 1.29 is 13.2 Å². The molecule has 1 aromatic carbocycles. The van der Waals surface area contributed by atoms with E-state index in [-0.39, 0.29) is 27.5 Å². The van der Waals surface area contributed by atoms with Crippen molar-refractivity contribution in [1.82, 2.24) is 0 Å². The predicted molar refractivity (Wildman–Crippen MR) is 67.5 cm³/mol. The number of alkyl halides is 3. The fourth-order valence-corrected chi connectivity index (χ4v) is 3.26. The standard InChI is InChI=1S/C13H16F3NS/c1-11(2)7-12(11,8-17)9-4-3-5-10(6-9)18-13(14,15)16/h3-6H,7-8,17H2,1-2H3. The predicted octanol–water partition coefficient (Wildman–Crippen LogP) is 3.92. The Balaban J connectivity index is 2.29. The summed E-state index contributed by atoms with van der Waals surface area (Å²) < 4.78 is 37.1. The van der Waals surface area contributed by atoms with Crippen molar-refractivity contribution in [3.8, 4) is 0 Å². The van der Waals surface area contributed by atoms with Gasteiger partial charge in [0.2, 0.25) is 0 Å². The van der Waals surface area contributed by atoms with Gasteiger partial charge in [0.1, 0.15) is 0 Å². The Hall–Kier alpha value is -0.680. The van der Waals surface area contributed by atoms with Crippen LogP contribution in [0.25, 0.3) is 0 Å². The summed E-state index contributed by atoms with van der Waals surface area (Å²) in [5.74, 6) is 0. The van der Waals surface area contributed by atoms with Gasteiger partial charge < -0.3 is 5.73 Å². The van der Waals surface area contributed by atoms with Crippen LogP contribution in [0.5, 0.6) is 0 Å². The molecule has 2 N–H and O–H groups in total. The second kappa shape index (κ2) is 4.17. The first kappa shape index (κ1) is 13.7. The Morgan fingerprint density at radius 3 is 2.39 bits per heavy atom. The molecule has 1 aromatic rings. The molecule has 0 radical (unpaired) electrons. The summed E-state index contributed by atoms with van der Waals surface area (Å²) in [7, 11) is 0. The molecule has 1 aliphatic carbocycles. The third-order valence-corrected chi connectivity index (χ3v) is 4.60. The Labute approximate surface area is 109 Å². The number of benzene rings is 1. The largest absolute Gasteiger partial charge is 0.446 e. The highest BCUT2D eigenvalue weighted by atomic mass is 32.2. The van der Waals surface area contributed by atoms with E-state index in [0.29, 0.717) is 6.54 Å². The number of nitrogens with two attached hydrogens (primary N) is 1. The molecule has 5 heteroatoms. The van der Waals surface area contributed by atoms with Crippen molar-refractivity contribution in [2.45, 2.75) is 36.1 Å². The van der Waals surface area contributed by atoms with Gasteiger partial charge in [-0.15, -0.1) is 0 Å². The van der Waals surface area contributed by atoms with Gasteiger partial charge in [-0.1, -0.05) is 26.0 Å². The lowest BCUT2D eigenvalue weighted by Gasteiger charge is -2.20. The minimum atomic E-state index is -4.24. The van der Waals surface area contributed by atoms with Crippen molar-refractivity contribution in [2.75, 3.05) is 6.54 Å². The van der Waals surface area contributed by atoms with Crippen LogP contribution in [0.2, 0.25) is 0 Å². The van der Waals surface area contributed by atoms with Gasteiger partial charge in [-0.2, -0.15) is 13.2 Å². The molecule has 18 heavy (non-hydrogen) atoms. The van der Waals surface area contributed by atoms with Crippen molar-refractivity contribution >= 4 is 11.8 Å². The Bertz CT molecular complexity index is 456. The van der Waals surface area contributed by atoms with Crippen LogP contribution in [-0.2, 0) is 5.41 Å². The Morgan fingerprint density at radius 1 is 1.33 bits per heavy atom. The van der Waals surface area contributed by atoms with Crippen LogP contribution in [-0.4, -0.2) is 12.1 Å². The number of hydrogen-bond donors (Lipinski definition) is 1. The SMILES string of the molecule is CC1(C)CC1(CN)c1cccc(SC(F)(F)F)c1. The second-order valence-corrected chi connectivity index (χ2v) is 6.56. The van der Waals surface area contributed by atoms with Gasteiger partial charge in [-0.25, -0.2) is 0 Å². The highest BCUT2D eigenvalue weighted by molar-refractivity contribution is 8.00. The minimum Gasteiger partial charge on any atom is -0.330 e. The lowest BCUT2D eigenvalue weighted by atomic mass is 9.88. The molecule has 1 nitrogen and oxygen atoms in total. The minimum absolute atomic E-state index is 0.0714. The van der Waals surface area contributed by atoms with Gasteiger partial charge in [0.15, 0.2) is 0 Å². The molecule has 1 atom stereocenters. The van der Waals surface area contributed by atoms with Gasteiger partial charge in [-0.05, 0) is 41.3 Å². The van der Waals surface area contributed by atoms with E-state index in [1.54, 1.807) is 12.1 Å². The van der Waals surface area contributed by atoms with Gasteiger partial charge in [0.05, 0.1) is 0 Å².